The maximum atomic E-state index is 5.90. The summed E-state index contributed by atoms with van der Waals surface area (Å²) < 4.78 is 0. The highest BCUT2D eigenvalue weighted by atomic mass is 14.6. The highest BCUT2D eigenvalue weighted by Gasteiger charge is 2.07. The SMILES string of the molecule is NC1=CCCC(c2ccccc2N)=C1. The molecule has 0 atom stereocenters. The van der Waals surface area contributed by atoms with E-state index in [1.54, 1.807) is 0 Å². The number of allylic oxidation sites excluding steroid dienone is 3. The summed E-state index contributed by atoms with van der Waals surface area (Å²) in [5.41, 5.74) is 15.7. The highest BCUT2D eigenvalue weighted by molar-refractivity contribution is 5.77. The maximum Gasteiger partial charge on any atom is 0.0390 e. The highest BCUT2D eigenvalue weighted by Crippen LogP contribution is 2.28. The van der Waals surface area contributed by atoms with Crippen molar-refractivity contribution in [3.05, 3.63) is 47.7 Å². The topological polar surface area (TPSA) is 52.0 Å². The molecule has 0 amide bonds. The van der Waals surface area contributed by atoms with Gasteiger partial charge in [-0.1, -0.05) is 24.3 Å². The number of para-hydroxylation sites is 1. The van der Waals surface area contributed by atoms with Gasteiger partial charge in [0.2, 0.25) is 0 Å². The van der Waals surface area contributed by atoms with Crippen LogP contribution in [-0.2, 0) is 0 Å². The number of hydrogen-bond acceptors (Lipinski definition) is 2. The van der Waals surface area contributed by atoms with Crippen molar-refractivity contribution in [1.29, 1.82) is 0 Å². The zero-order valence-electron chi connectivity index (χ0n) is 8.03. The molecular formula is C12H14N2. The van der Waals surface area contributed by atoms with Crippen molar-refractivity contribution in [3.8, 4) is 0 Å². The van der Waals surface area contributed by atoms with Crippen LogP contribution in [0.4, 0.5) is 5.69 Å². The third-order valence-electron chi connectivity index (χ3n) is 2.44. The van der Waals surface area contributed by atoms with E-state index in [9.17, 15) is 0 Å². The zero-order valence-corrected chi connectivity index (χ0v) is 8.03. The van der Waals surface area contributed by atoms with Crippen LogP contribution in [-0.4, -0.2) is 0 Å². The average Bonchev–Trinajstić information content (AvgIpc) is 2.18. The van der Waals surface area contributed by atoms with Crippen molar-refractivity contribution in [2.75, 3.05) is 5.73 Å². The molecule has 0 heterocycles. The molecule has 0 fully saturated rings. The first-order valence-electron chi connectivity index (χ1n) is 4.78. The summed E-state index contributed by atoms with van der Waals surface area (Å²) >= 11 is 0. The molecule has 2 heteroatoms. The van der Waals surface area contributed by atoms with Gasteiger partial charge in [-0.2, -0.15) is 0 Å². The van der Waals surface area contributed by atoms with Gasteiger partial charge in [0.1, 0.15) is 0 Å². The van der Waals surface area contributed by atoms with Crippen molar-refractivity contribution in [2.24, 2.45) is 5.73 Å². The summed E-state index contributed by atoms with van der Waals surface area (Å²) in [6.07, 6.45) is 6.08. The lowest BCUT2D eigenvalue weighted by Crippen LogP contribution is -2.01. The minimum absolute atomic E-state index is 0.827. The van der Waals surface area contributed by atoms with Crippen LogP contribution in [0.15, 0.2) is 42.1 Å². The largest absolute Gasteiger partial charge is 0.399 e. The van der Waals surface area contributed by atoms with E-state index in [0.717, 1.165) is 29.8 Å². The van der Waals surface area contributed by atoms with Gasteiger partial charge in [0.25, 0.3) is 0 Å². The summed E-state index contributed by atoms with van der Waals surface area (Å²) in [7, 11) is 0. The monoisotopic (exact) mass is 186 g/mol. The minimum atomic E-state index is 0.827. The lowest BCUT2D eigenvalue weighted by molar-refractivity contribution is 1.03. The molecule has 0 aliphatic heterocycles. The fourth-order valence-electron chi connectivity index (χ4n) is 1.73. The summed E-state index contributed by atoms with van der Waals surface area (Å²) in [5.74, 6) is 0. The van der Waals surface area contributed by atoms with Gasteiger partial charge in [-0.3, -0.25) is 0 Å². The number of rotatable bonds is 1. The summed E-state index contributed by atoms with van der Waals surface area (Å²) in [4.78, 5) is 0. The predicted octanol–water partition coefficient (Wildman–Crippen LogP) is 2.29. The first-order valence-corrected chi connectivity index (χ1v) is 4.78. The Bertz CT molecular complexity index is 403. The van der Waals surface area contributed by atoms with Crippen LogP contribution >= 0.6 is 0 Å². The molecule has 0 radical (unpaired) electrons. The third-order valence-corrected chi connectivity index (χ3v) is 2.44. The molecule has 1 aromatic carbocycles. The normalized spacial score (nSPS) is 16.0. The number of benzene rings is 1. The maximum absolute atomic E-state index is 5.90. The lowest BCUT2D eigenvalue weighted by atomic mass is 9.95. The van der Waals surface area contributed by atoms with Crippen LogP contribution in [0.25, 0.3) is 5.57 Å². The van der Waals surface area contributed by atoms with Crippen molar-refractivity contribution in [2.45, 2.75) is 12.8 Å². The van der Waals surface area contributed by atoms with E-state index in [2.05, 4.69) is 0 Å². The Labute approximate surface area is 83.9 Å². The average molecular weight is 186 g/mol. The van der Waals surface area contributed by atoms with Gasteiger partial charge in [0.05, 0.1) is 0 Å². The van der Waals surface area contributed by atoms with Crippen molar-refractivity contribution in [1.82, 2.24) is 0 Å². The van der Waals surface area contributed by atoms with Crippen LogP contribution in [0.3, 0.4) is 0 Å². The second-order valence-corrected chi connectivity index (χ2v) is 3.50. The molecule has 1 aliphatic rings. The van der Waals surface area contributed by atoms with E-state index < -0.39 is 0 Å². The fraction of sp³-hybridized carbons (Fsp3) is 0.167. The van der Waals surface area contributed by atoms with Crippen molar-refractivity contribution < 1.29 is 0 Å². The lowest BCUT2D eigenvalue weighted by Gasteiger charge is -2.13. The quantitative estimate of drug-likeness (QED) is 0.661. The van der Waals surface area contributed by atoms with E-state index in [1.165, 1.54) is 5.57 Å². The van der Waals surface area contributed by atoms with Crippen LogP contribution < -0.4 is 11.5 Å². The molecule has 2 rings (SSSR count). The number of anilines is 1. The molecule has 1 aromatic rings. The van der Waals surface area contributed by atoms with E-state index >= 15 is 0 Å². The zero-order chi connectivity index (χ0) is 9.97. The Balaban J connectivity index is 2.41. The molecular weight excluding hydrogens is 172 g/mol. The number of nitrogen functional groups attached to an aromatic ring is 1. The second kappa shape index (κ2) is 3.58. The minimum Gasteiger partial charge on any atom is -0.399 e. The number of nitrogens with two attached hydrogens (primary N) is 2. The standard InChI is InChI=1S/C12H14N2/c13-10-5-3-4-9(8-10)11-6-1-2-7-12(11)14/h1-2,5-8H,3-4,13-14H2. The Morgan fingerprint density at radius 3 is 2.57 bits per heavy atom. The van der Waals surface area contributed by atoms with Crippen LogP contribution in [0.5, 0.6) is 0 Å². The van der Waals surface area contributed by atoms with Gasteiger partial charge in [0, 0.05) is 16.9 Å². The van der Waals surface area contributed by atoms with Crippen molar-refractivity contribution >= 4 is 11.3 Å². The molecule has 72 valence electrons. The second-order valence-electron chi connectivity index (χ2n) is 3.50. The van der Waals surface area contributed by atoms with Gasteiger partial charge in [-0.15, -0.1) is 0 Å². The summed E-state index contributed by atoms with van der Waals surface area (Å²) in [5, 5.41) is 0. The first kappa shape index (κ1) is 8.88. The van der Waals surface area contributed by atoms with Gasteiger partial charge in [-0.05, 0) is 30.6 Å². The fourth-order valence-corrected chi connectivity index (χ4v) is 1.73. The Morgan fingerprint density at radius 1 is 1.07 bits per heavy atom. The molecule has 0 spiro atoms. The van der Waals surface area contributed by atoms with E-state index in [-0.39, 0.29) is 0 Å². The van der Waals surface area contributed by atoms with Crippen molar-refractivity contribution in [3.63, 3.8) is 0 Å². The summed E-state index contributed by atoms with van der Waals surface area (Å²) in [6.45, 7) is 0. The molecule has 0 aromatic heterocycles. The molecule has 2 nitrogen and oxygen atoms in total. The Kier molecular flexibility index (Phi) is 2.27. The predicted molar refractivity (Wildman–Crippen MR) is 60.3 cm³/mol. The molecule has 0 saturated heterocycles. The number of hydrogen-bond donors (Lipinski definition) is 2. The van der Waals surface area contributed by atoms with Gasteiger partial charge in [0.15, 0.2) is 0 Å². The summed E-state index contributed by atoms with van der Waals surface area (Å²) in [6, 6.07) is 7.91. The molecule has 4 N–H and O–H groups in total. The smallest absolute Gasteiger partial charge is 0.0390 e. The molecule has 0 unspecified atom stereocenters. The van der Waals surface area contributed by atoms with E-state index in [4.69, 9.17) is 11.5 Å². The molecule has 0 bridgehead atoms. The van der Waals surface area contributed by atoms with Crippen LogP contribution in [0, 0.1) is 0 Å². The van der Waals surface area contributed by atoms with Gasteiger partial charge >= 0.3 is 0 Å². The van der Waals surface area contributed by atoms with Crippen LogP contribution in [0.2, 0.25) is 0 Å². The van der Waals surface area contributed by atoms with E-state index in [0.29, 0.717) is 0 Å². The van der Waals surface area contributed by atoms with E-state index in [1.807, 2.05) is 36.4 Å². The third kappa shape index (κ3) is 1.64. The molecule has 1 aliphatic carbocycles. The molecule has 14 heavy (non-hydrogen) atoms. The molecule has 0 saturated carbocycles. The van der Waals surface area contributed by atoms with Gasteiger partial charge in [-0.25, -0.2) is 0 Å². The first-order chi connectivity index (χ1) is 6.77. The Morgan fingerprint density at radius 2 is 1.86 bits per heavy atom. The van der Waals surface area contributed by atoms with Crippen LogP contribution in [0.1, 0.15) is 18.4 Å². The Hall–Kier alpha value is -1.70. The van der Waals surface area contributed by atoms with Gasteiger partial charge < -0.3 is 11.5 Å².